The number of fused-ring (bicyclic) bond motifs is 5. The molecule has 9 rings (SSSR count). The summed E-state index contributed by atoms with van der Waals surface area (Å²) in [6.45, 7) is 20.1. The number of benzene rings is 6. The summed E-state index contributed by atoms with van der Waals surface area (Å²) in [6.07, 6.45) is 3.86. The van der Waals surface area contributed by atoms with E-state index in [0.29, 0.717) is 0 Å². The smallest absolute Gasteiger partial charge is 0.0655 e. The average molecular weight is 959 g/mol. The van der Waals surface area contributed by atoms with E-state index in [-0.39, 0.29) is 36.4 Å². The van der Waals surface area contributed by atoms with Gasteiger partial charge >= 0.3 is 0 Å². The third kappa shape index (κ3) is 7.94. The van der Waals surface area contributed by atoms with Gasteiger partial charge in [-0.2, -0.15) is 0 Å². The van der Waals surface area contributed by atoms with E-state index in [0.717, 1.165) is 22.5 Å². The van der Waals surface area contributed by atoms with Crippen molar-refractivity contribution in [2.45, 2.75) is 84.0 Å². The zero-order valence-corrected chi connectivity index (χ0v) is 38.7. The minimum absolute atomic E-state index is 0. The second kappa shape index (κ2) is 16.5. The zero-order chi connectivity index (χ0) is 41.6. The van der Waals surface area contributed by atoms with Crippen molar-refractivity contribution >= 4 is 10.8 Å². The standard InChI is InChI=1S/C38H30N.C19H24N.Ir/c1-37(2,3)28-21-18-27(19-22-28)36-35-33(24-25-39-36)32-23-20-26-12-10-11-17-31(26)34(32)38(35,29-13-6-4-7-14-29)30-15-8-5-9-16-30;1-18(2,3)15-9-7-8-14(12-15)17-13-16(10-11-20-17)19(4,5)6;/h4-18,20-25H,1-3H3;7,9-13H,1-6H3;/q2*-1;. The monoisotopic (exact) mass is 959 g/mol. The molecule has 3 heteroatoms. The number of hydrogen-bond acceptors (Lipinski definition) is 2. The minimum atomic E-state index is -0.534. The Labute approximate surface area is 371 Å². The van der Waals surface area contributed by atoms with E-state index < -0.39 is 5.41 Å². The van der Waals surface area contributed by atoms with Crippen LogP contribution in [0.2, 0.25) is 0 Å². The molecule has 0 fully saturated rings. The fraction of sp³-hybridized carbons (Fsp3) is 0.228. The third-order valence-electron chi connectivity index (χ3n) is 11.8. The fourth-order valence-electron chi connectivity index (χ4n) is 8.58. The van der Waals surface area contributed by atoms with Crippen LogP contribution in [0.3, 0.4) is 0 Å². The molecule has 0 spiro atoms. The first kappa shape index (κ1) is 42.6. The van der Waals surface area contributed by atoms with Crippen LogP contribution in [-0.2, 0) is 41.8 Å². The molecule has 0 unspecified atom stereocenters. The molecule has 0 saturated heterocycles. The van der Waals surface area contributed by atoms with Crippen molar-refractivity contribution < 1.29 is 20.1 Å². The van der Waals surface area contributed by atoms with Crippen LogP contribution >= 0.6 is 0 Å². The largest absolute Gasteiger partial charge is 0.305 e. The predicted molar refractivity (Wildman–Crippen MR) is 248 cm³/mol. The van der Waals surface area contributed by atoms with Gasteiger partial charge < -0.3 is 9.97 Å². The molecule has 1 aliphatic carbocycles. The Morgan fingerprint density at radius 1 is 0.467 bits per heavy atom. The molecule has 2 aromatic heterocycles. The molecule has 6 aromatic carbocycles. The van der Waals surface area contributed by atoms with Crippen LogP contribution in [0.1, 0.15) is 101 Å². The van der Waals surface area contributed by atoms with Gasteiger partial charge in [0.05, 0.1) is 5.41 Å². The maximum Gasteiger partial charge on any atom is 0.0655 e. The predicted octanol–water partition coefficient (Wildman–Crippen LogP) is 14.5. The summed E-state index contributed by atoms with van der Waals surface area (Å²) in [6, 6.07) is 61.6. The molecule has 303 valence electrons. The quantitative estimate of drug-likeness (QED) is 0.164. The van der Waals surface area contributed by atoms with Gasteiger partial charge in [0, 0.05) is 32.5 Å². The number of nitrogens with zero attached hydrogens (tertiary/aromatic N) is 2. The van der Waals surface area contributed by atoms with E-state index in [9.17, 15) is 0 Å². The van der Waals surface area contributed by atoms with Crippen molar-refractivity contribution in [3.8, 4) is 33.6 Å². The first-order chi connectivity index (χ1) is 28.2. The Hall–Kier alpha value is -5.47. The van der Waals surface area contributed by atoms with E-state index in [2.05, 4.69) is 225 Å². The minimum Gasteiger partial charge on any atom is -0.305 e. The summed E-state index contributed by atoms with van der Waals surface area (Å²) in [5.74, 6) is 0. The number of rotatable bonds is 4. The van der Waals surface area contributed by atoms with Gasteiger partial charge in [-0.3, -0.25) is 0 Å². The summed E-state index contributed by atoms with van der Waals surface area (Å²) < 4.78 is 0. The van der Waals surface area contributed by atoms with E-state index in [4.69, 9.17) is 4.98 Å². The van der Waals surface area contributed by atoms with Crippen LogP contribution in [0, 0.1) is 12.1 Å². The molecule has 1 aliphatic rings. The van der Waals surface area contributed by atoms with Crippen LogP contribution in [-0.4, -0.2) is 9.97 Å². The van der Waals surface area contributed by atoms with E-state index in [1.807, 2.05) is 18.5 Å². The third-order valence-corrected chi connectivity index (χ3v) is 11.8. The summed E-state index contributed by atoms with van der Waals surface area (Å²) in [5.41, 5.74) is 15.3. The van der Waals surface area contributed by atoms with Gasteiger partial charge in [0.15, 0.2) is 0 Å². The van der Waals surface area contributed by atoms with Gasteiger partial charge in [0.2, 0.25) is 0 Å². The van der Waals surface area contributed by atoms with Crippen molar-refractivity contribution in [2.75, 3.05) is 0 Å². The Kier molecular flexibility index (Phi) is 11.7. The van der Waals surface area contributed by atoms with Gasteiger partial charge in [0.1, 0.15) is 0 Å². The van der Waals surface area contributed by atoms with Crippen LogP contribution < -0.4 is 0 Å². The van der Waals surface area contributed by atoms with Gasteiger partial charge in [-0.15, -0.1) is 70.8 Å². The van der Waals surface area contributed by atoms with Crippen molar-refractivity contribution in [3.63, 3.8) is 0 Å². The molecule has 0 saturated carbocycles. The fourth-order valence-corrected chi connectivity index (χ4v) is 8.58. The van der Waals surface area contributed by atoms with Crippen molar-refractivity contribution in [2.24, 2.45) is 0 Å². The molecule has 0 amide bonds. The Morgan fingerprint density at radius 2 is 1.05 bits per heavy atom. The molecule has 0 N–H and O–H groups in total. The maximum atomic E-state index is 5.09. The molecular formula is C57H54IrN2-2. The van der Waals surface area contributed by atoms with Gasteiger partial charge in [0.25, 0.3) is 0 Å². The first-order valence-electron chi connectivity index (χ1n) is 20.8. The van der Waals surface area contributed by atoms with Crippen LogP contribution in [0.4, 0.5) is 0 Å². The molecule has 1 radical (unpaired) electrons. The van der Waals surface area contributed by atoms with E-state index in [1.54, 1.807) is 0 Å². The summed E-state index contributed by atoms with van der Waals surface area (Å²) >= 11 is 0. The Bertz CT molecular complexity index is 2650. The first-order valence-corrected chi connectivity index (χ1v) is 20.8. The number of aromatic nitrogens is 2. The van der Waals surface area contributed by atoms with Gasteiger partial charge in [-0.05, 0) is 89.5 Å². The molecule has 60 heavy (non-hydrogen) atoms. The SMILES string of the molecule is CC(C)(C)c1c[c-]c(-c2nccc3c2C(c2ccccc2)(c2ccccc2)c2c-3ccc3ccccc23)cc1.CC(C)(C)c1cc[c-]c(-c2cc(C(C)(C)C)ccn2)c1.[Ir]. The number of hydrogen-bond donors (Lipinski definition) is 0. The van der Waals surface area contributed by atoms with Gasteiger partial charge in [-0.25, -0.2) is 0 Å². The molecule has 8 aromatic rings. The topological polar surface area (TPSA) is 25.8 Å². The van der Waals surface area contributed by atoms with Crippen molar-refractivity contribution in [1.82, 2.24) is 9.97 Å². The van der Waals surface area contributed by atoms with Gasteiger partial charge in [-0.1, -0.05) is 165 Å². The molecule has 0 atom stereocenters. The van der Waals surface area contributed by atoms with Crippen molar-refractivity contribution in [1.29, 1.82) is 0 Å². The number of pyridine rings is 2. The van der Waals surface area contributed by atoms with Crippen LogP contribution in [0.15, 0.2) is 164 Å². The Morgan fingerprint density at radius 3 is 1.67 bits per heavy atom. The van der Waals surface area contributed by atoms with E-state index >= 15 is 0 Å². The van der Waals surface area contributed by atoms with Crippen LogP contribution in [0.5, 0.6) is 0 Å². The normalized spacial score (nSPS) is 13.1. The second-order valence-corrected chi connectivity index (χ2v) is 18.9. The summed E-state index contributed by atoms with van der Waals surface area (Å²) in [5, 5.41) is 2.52. The van der Waals surface area contributed by atoms with Crippen LogP contribution in [0.25, 0.3) is 44.4 Å². The second-order valence-electron chi connectivity index (χ2n) is 18.9. The van der Waals surface area contributed by atoms with Crippen molar-refractivity contribution in [3.05, 3.63) is 215 Å². The maximum absolute atomic E-state index is 5.09. The average Bonchev–Trinajstić information content (AvgIpc) is 3.56. The molecule has 2 nitrogen and oxygen atoms in total. The molecule has 0 aliphatic heterocycles. The summed E-state index contributed by atoms with van der Waals surface area (Å²) in [7, 11) is 0. The van der Waals surface area contributed by atoms with E-state index in [1.165, 1.54) is 60.8 Å². The zero-order valence-electron chi connectivity index (χ0n) is 36.3. The Balaban J connectivity index is 0.000000220. The summed E-state index contributed by atoms with van der Waals surface area (Å²) in [4.78, 5) is 9.61. The molecular weight excluding hydrogens is 905 g/mol. The molecule has 0 bridgehead atoms. The molecule has 2 heterocycles.